The van der Waals surface area contributed by atoms with Crippen LogP contribution in [0.25, 0.3) is 0 Å². The Hall–Kier alpha value is -2.17. The SMILES string of the molecule is CC(=O)NN=C(C)CC(=O)N(C)c1ccccc1. The highest BCUT2D eigenvalue weighted by molar-refractivity contribution is 6.06. The highest BCUT2D eigenvalue weighted by Crippen LogP contribution is 2.12. The number of nitrogens with zero attached hydrogens (tertiary/aromatic N) is 2. The van der Waals surface area contributed by atoms with E-state index in [4.69, 9.17) is 0 Å². The maximum atomic E-state index is 11.9. The van der Waals surface area contributed by atoms with Gasteiger partial charge in [0, 0.05) is 25.4 Å². The number of hydrogen-bond donors (Lipinski definition) is 1. The molecular formula is C13H17N3O2. The molecule has 0 unspecified atom stereocenters. The number of hydrogen-bond acceptors (Lipinski definition) is 3. The molecule has 2 amide bonds. The second-order valence-corrected chi connectivity index (χ2v) is 3.98. The molecule has 0 aromatic heterocycles. The standard InChI is InChI=1S/C13H17N3O2/c1-10(14-15-11(2)17)9-13(18)16(3)12-7-5-4-6-8-12/h4-8H,9H2,1-3H3,(H,15,17). The van der Waals surface area contributed by atoms with E-state index >= 15 is 0 Å². The van der Waals surface area contributed by atoms with Crippen LogP contribution in [0.3, 0.4) is 0 Å². The van der Waals surface area contributed by atoms with Gasteiger partial charge >= 0.3 is 0 Å². The first-order chi connectivity index (χ1) is 8.50. The van der Waals surface area contributed by atoms with Crippen LogP contribution in [-0.2, 0) is 9.59 Å². The Kier molecular flexibility index (Phi) is 5.05. The molecule has 0 radical (unpaired) electrons. The molecule has 0 spiro atoms. The average Bonchev–Trinajstić information content (AvgIpc) is 2.36. The lowest BCUT2D eigenvalue weighted by Crippen LogP contribution is -2.28. The zero-order valence-electron chi connectivity index (χ0n) is 10.8. The van der Waals surface area contributed by atoms with E-state index in [9.17, 15) is 9.59 Å². The summed E-state index contributed by atoms with van der Waals surface area (Å²) in [6, 6.07) is 9.36. The van der Waals surface area contributed by atoms with Crippen LogP contribution >= 0.6 is 0 Å². The van der Waals surface area contributed by atoms with E-state index in [1.165, 1.54) is 6.92 Å². The van der Waals surface area contributed by atoms with Crippen LogP contribution in [0.2, 0.25) is 0 Å². The fraction of sp³-hybridized carbons (Fsp3) is 0.308. The monoisotopic (exact) mass is 247 g/mol. The zero-order chi connectivity index (χ0) is 13.5. The molecule has 0 saturated heterocycles. The first-order valence-corrected chi connectivity index (χ1v) is 5.62. The minimum atomic E-state index is -0.252. The van der Waals surface area contributed by atoms with Crippen molar-refractivity contribution in [2.24, 2.45) is 5.10 Å². The summed E-state index contributed by atoms with van der Waals surface area (Å²) in [6.45, 7) is 3.07. The van der Waals surface area contributed by atoms with Crippen molar-refractivity contribution < 1.29 is 9.59 Å². The van der Waals surface area contributed by atoms with Gasteiger partial charge in [0.15, 0.2) is 0 Å². The number of hydrazone groups is 1. The third-order valence-electron chi connectivity index (χ3n) is 2.33. The highest BCUT2D eigenvalue weighted by Gasteiger charge is 2.11. The predicted molar refractivity (Wildman–Crippen MR) is 71.4 cm³/mol. The van der Waals surface area contributed by atoms with E-state index in [2.05, 4.69) is 10.5 Å². The zero-order valence-corrected chi connectivity index (χ0v) is 10.8. The molecule has 0 fully saturated rings. The van der Waals surface area contributed by atoms with Gasteiger partial charge in [0.25, 0.3) is 0 Å². The minimum absolute atomic E-state index is 0.0761. The number of rotatable bonds is 4. The predicted octanol–water partition coefficient (Wildman–Crippen LogP) is 1.55. The third kappa shape index (κ3) is 4.37. The maximum absolute atomic E-state index is 11.9. The molecule has 1 N–H and O–H groups in total. The molecule has 1 aromatic carbocycles. The van der Waals surface area contributed by atoms with E-state index in [0.29, 0.717) is 5.71 Å². The van der Waals surface area contributed by atoms with Gasteiger partial charge in [-0.1, -0.05) is 18.2 Å². The van der Waals surface area contributed by atoms with Crippen molar-refractivity contribution in [1.82, 2.24) is 5.43 Å². The fourth-order valence-electron chi connectivity index (χ4n) is 1.35. The Morgan fingerprint density at radius 2 is 1.83 bits per heavy atom. The maximum Gasteiger partial charge on any atom is 0.236 e. The summed E-state index contributed by atoms with van der Waals surface area (Å²) >= 11 is 0. The summed E-state index contributed by atoms with van der Waals surface area (Å²) < 4.78 is 0. The number of nitrogens with one attached hydrogen (secondary N) is 1. The van der Waals surface area contributed by atoms with Crippen molar-refractivity contribution in [3.63, 3.8) is 0 Å². The van der Waals surface area contributed by atoms with E-state index in [0.717, 1.165) is 5.69 Å². The molecule has 5 heteroatoms. The summed E-state index contributed by atoms with van der Waals surface area (Å²) in [4.78, 5) is 24.2. The second kappa shape index (κ2) is 6.54. The van der Waals surface area contributed by atoms with Gasteiger partial charge in [0.05, 0.1) is 6.42 Å². The first kappa shape index (κ1) is 13.9. The molecule has 0 aliphatic carbocycles. The Morgan fingerprint density at radius 3 is 2.39 bits per heavy atom. The largest absolute Gasteiger partial charge is 0.315 e. The van der Waals surface area contributed by atoms with Crippen molar-refractivity contribution in [1.29, 1.82) is 0 Å². The number of amides is 2. The Balaban J connectivity index is 2.60. The lowest BCUT2D eigenvalue weighted by molar-refractivity contribution is -0.119. The van der Waals surface area contributed by atoms with E-state index < -0.39 is 0 Å². The number of benzene rings is 1. The summed E-state index contributed by atoms with van der Waals surface area (Å²) in [5, 5.41) is 3.81. The van der Waals surface area contributed by atoms with Gasteiger partial charge < -0.3 is 4.90 Å². The normalized spacial score (nSPS) is 10.9. The van der Waals surface area contributed by atoms with Gasteiger partial charge in [-0.2, -0.15) is 5.10 Å². The van der Waals surface area contributed by atoms with E-state index in [1.54, 1.807) is 18.9 Å². The molecule has 0 saturated carbocycles. The molecule has 5 nitrogen and oxygen atoms in total. The molecule has 18 heavy (non-hydrogen) atoms. The van der Waals surface area contributed by atoms with Crippen LogP contribution < -0.4 is 10.3 Å². The minimum Gasteiger partial charge on any atom is -0.315 e. The molecular weight excluding hydrogens is 230 g/mol. The number of carbonyl (C=O) groups is 2. The topological polar surface area (TPSA) is 61.8 Å². The summed E-state index contributed by atoms with van der Waals surface area (Å²) in [7, 11) is 1.71. The van der Waals surface area contributed by atoms with Gasteiger partial charge in [0.1, 0.15) is 0 Å². The van der Waals surface area contributed by atoms with Crippen molar-refractivity contribution in [2.45, 2.75) is 20.3 Å². The van der Waals surface area contributed by atoms with Gasteiger partial charge in [-0.15, -0.1) is 0 Å². The van der Waals surface area contributed by atoms with Crippen LogP contribution in [-0.4, -0.2) is 24.6 Å². The molecule has 1 aromatic rings. The fourth-order valence-corrected chi connectivity index (χ4v) is 1.35. The number of carbonyl (C=O) groups excluding carboxylic acids is 2. The van der Waals surface area contributed by atoms with Crippen LogP contribution in [0.1, 0.15) is 20.3 Å². The number of para-hydroxylation sites is 1. The lowest BCUT2D eigenvalue weighted by atomic mass is 10.2. The Bertz CT molecular complexity index is 455. The van der Waals surface area contributed by atoms with Crippen molar-refractivity contribution in [2.75, 3.05) is 11.9 Å². The quantitative estimate of drug-likeness (QED) is 0.648. The summed E-state index contributed by atoms with van der Waals surface area (Å²) in [5.41, 5.74) is 3.70. The second-order valence-electron chi connectivity index (χ2n) is 3.98. The van der Waals surface area contributed by atoms with Crippen LogP contribution in [0.4, 0.5) is 5.69 Å². The molecule has 0 atom stereocenters. The molecule has 0 heterocycles. The van der Waals surface area contributed by atoms with E-state index in [1.807, 2.05) is 30.3 Å². The van der Waals surface area contributed by atoms with Gasteiger partial charge in [-0.25, -0.2) is 5.43 Å². The Morgan fingerprint density at radius 1 is 1.22 bits per heavy atom. The summed E-state index contributed by atoms with van der Waals surface area (Å²) in [6.07, 6.45) is 0.172. The third-order valence-corrected chi connectivity index (χ3v) is 2.33. The van der Waals surface area contributed by atoms with Gasteiger partial charge in [0.2, 0.25) is 11.8 Å². The Labute approximate surface area is 106 Å². The van der Waals surface area contributed by atoms with Crippen molar-refractivity contribution in [3.8, 4) is 0 Å². The van der Waals surface area contributed by atoms with Crippen LogP contribution in [0.5, 0.6) is 0 Å². The number of anilines is 1. The lowest BCUT2D eigenvalue weighted by Gasteiger charge is -2.16. The van der Waals surface area contributed by atoms with Crippen LogP contribution in [0, 0.1) is 0 Å². The van der Waals surface area contributed by atoms with Crippen molar-refractivity contribution in [3.05, 3.63) is 30.3 Å². The molecule has 0 aliphatic rings. The molecule has 1 rings (SSSR count). The van der Waals surface area contributed by atoms with E-state index in [-0.39, 0.29) is 18.2 Å². The molecule has 96 valence electrons. The van der Waals surface area contributed by atoms with Crippen molar-refractivity contribution >= 4 is 23.2 Å². The summed E-state index contributed by atoms with van der Waals surface area (Å²) in [5.74, 6) is -0.328. The van der Waals surface area contributed by atoms with Crippen LogP contribution in [0.15, 0.2) is 35.4 Å². The highest BCUT2D eigenvalue weighted by atomic mass is 16.2. The molecule has 0 aliphatic heterocycles. The average molecular weight is 247 g/mol. The smallest absolute Gasteiger partial charge is 0.236 e. The molecule has 0 bridgehead atoms. The van der Waals surface area contributed by atoms with Gasteiger partial charge in [-0.3, -0.25) is 9.59 Å². The first-order valence-electron chi connectivity index (χ1n) is 5.62. The van der Waals surface area contributed by atoms with Gasteiger partial charge in [-0.05, 0) is 19.1 Å².